The van der Waals surface area contributed by atoms with E-state index in [1.54, 1.807) is 0 Å². The van der Waals surface area contributed by atoms with Gasteiger partial charge in [0.1, 0.15) is 6.33 Å². The number of nitrogens with zero attached hydrogens (tertiary/aromatic N) is 5. The van der Waals surface area contributed by atoms with Gasteiger partial charge in [-0.3, -0.25) is 15.0 Å². The van der Waals surface area contributed by atoms with E-state index in [1.807, 2.05) is 25.2 Å². The van der Waals surface area contributed by atoms with Crippen molar-refractivity contribution in [3.63, 3.8) is 0 Å². The van der Waals surface area contributed by atoms with E-state index in [-0.39, 0.29) is 0 Å². The van der Waals surface area contributed by atoms with Crippen LogP contribution >= 0.6 is 0 Å². The fourth-order valence-electron chi connectivity index (χ4n) is 4.10. The molecular weight excluding hydrogens is 406 g/mol. The molecule has 5 rings (SSSR count). The number of benzene rings is 2. The van der Waals surface area contributed by atoms with Gasteiger partial charge in [-0.1, -0.05) is 24.3 Å². The summed E-state index contributed by atoms with van der Waals surface area (Å²) in [6, 6.07) is 14.5. The lowest BCUT2D eigenvalue weighted by Crippen LogP contribution is -2.52. The molecule has 3 aromatic rings. The lowest BCUT2D eigenvalue weighted by molar-refractivity contribution is 0.171. The summed E-state index contributed by atoms with van der Waals surface area (Å²) in [7, 11) is 1.84. The van der Waals surface area contributed by atoms with Gasteiger partial charge >= 0.3 is 0 Å². The Morgan fingerprint density at radius 3 is 2.75 bits per heavy atom. The lowest BCUT2D eigenvalue weighted by atomic mass is 10.1. The molecule has 2 aromatic carbocycles. The highest BCUT2D eigenvalue weighted by atomic mass is 16.7. The molecule has 166 valence electrons. The maximum Gasteiger partial charge on any atom is 0.231 e. The van der Waals surface area contributed by atoms with Gasteiger partial charge in [0.05, 0.1) is 0 Å². The Morgan fingerprint density at radius 1 is 1.06 bits per heavy atom. The SMILES string of the molecule is CN=C(NCc1cccc(-c2ncn[nH]2)c1)N1CCN(Cc2ccc3c(c2)OCO3)CC1. The molecule has 0 radical (unpaired) electrons. The van der Waals surface area contributed by atoms with E-state index >= 15 is 0 Å². The molecule has 1 saturated heterocycles. The first-order chi connectivity index (χ1) is 15.8. The van der Waals surface area contributed by atoms with E-state index in [0.717, 1.165) is 61.6 Å². The Balaban J connectivity index is 1.13. The Kier molecular flexibility index (Phi) is 5.89. The van der Waals surface area contributed by atoms with E-state index in [1.165, 1.54) is 17.5 Å². The number of fused-ring (bicyclic) bond motifs is 1. The van der Waals surface area contributed by atoms with Crippen molar-refractivity contribution in [3.8, 4) is 22.9 Å². The molecule has 9 heteroatoms. The first-order valence-corrected chi connectivity index (χ1v) is 10.8. The zero-order chi connectivity index (χ0) is 21.8. The summed E-state index contributed by atoms with van der Waals surface area (Å²) in [4.78, 5) is 13.5. The van der Waals surface area contributed by atoms with Crippen LogP contribution in [0, 0.1) is 0 Å². The summed E-state index contributed by atoms with van der Waals surface area (Å²) in [5.74, 6) is 3.38. The topological polar surface area (TPSA) is 90.9 Å². The van der Waals surface area contributed by atoms with Crippen LogP contribution < -0.4 is 14.8 Å². The number of guanidine groups is 1. The molecular formula is C23H27N7O2. The minimum atomic E-state index is 0.313. The molecule has 3 heterocycles. The number of nitrogens with one attached hydrogen (secondary N) is 2. The molecule has 2 aliphatic rings. The van der Waals surface area contributed by atoms with Crippen molar-refractivity contribution in [2.45, 2.75) is 13.1 Å². The molecule has 0 atom stereocenters. The minimum absolute atomic E-state index is 0.313. The van der Waals surface area contributed by atoms with Crippen LogP contribution in [-0.2, 0) is 13.1 Å². The second kappa shape index (κ2) is 9.27. The Bertz CT molecular complexity index is 1080. The molecule has 0 bridgehead atoms. The van der Waals surface area contributed by atoms with E-state index in [2.05, 4.69) is 59.6 Å². The van der Waals surface area contributed by atoms with Crippen LogP contribution in [0.5, 0.6) is 11.5 Å². The third-order valence-electron chi connectivity index (χ3n) is 5.79. The maximum atomic E-state index is 5.50. The third kappa shape index (κ3) is 4.52. The van der Waals surface area contributed by atoms with Gasteiger partial charge in [0, 0.05) is 51.9 Å². The number of hydrogen-bond donors (Lipinski definition) is 2. The third-order valence-corrected chi connectivity index (χ3v) is 5.79. The average molecular weight is 434 g/mol. The van der Waals surface area contributed by atoms with E-state index < -0.39 is 0 Å². The minimum Gasteiger partial charge on any atom is -0.454 e. The highest BCUT2D eigenvalue weighted by Gasteiger charge is 2.21. The number of ether oxygens (including phenoxy) is 2. The number of rotatable bonds is 5. The smallest absolute Gasteiger partial charge is 0.231 e. The van der Waals surface area contributed by atoms with Crippen molar-refractivity contribution in [3.05, 3.63) is 59.9 Å². The fraction of sp³-hybridized carbons (Fsp3) is 0.348. The van der Waals surface area contributed by atoms with Crippen molar-refractivity contribution < 1.29 is 9.47 Å². The summed E-state index contributed by atoms with van der Waals surface area (Å²) in [5.41, 5.74) is 3.44. The molecule has 0 saturated carbocycles. The summed E-state index contributed by atoms with van der Waals surface area (Å²) in [6.45, 7) is 5.75. The van der Waals surface area contributed by atoms with Crippen molar-refractivity contribution in [1.82, 2.24) is 30.3 Å². The number of aromatic nitrogens is 3. The van der Waals surface area contributed by atoms with Crippen molar-refractivity contribution >= 4 is 5.96 Å². The van der Waals surface area contributed by atoms with Gasteiger partial charge in [-0.15, -0.1) is 0 Å². The van der Waals surface area contributed by atoms with Gasteiger partial charge < -0.3 is 19.7 Å². The second-order valence-electron chi connectivity index (χ2n) is 7.89. The first-order valence-electron chi connectivity index (χ1n) is 10.8. The predicted octanol–water partition coefficient (Wildman–Crippen LogP) is 2.09. The molecule has 2 aliphatic heterocycles. The van der Waals surface area contributed by atoms with Gasteiger partial charge in [-0.05, 0) is 29.3 Å². The molecule has 0 aliphatic carbocycles. The number of piperazine rings is 1. The number of H-pyrrole nitrogens is 1. The standard InChI is InChI=1S/C23H27N7O2/c1-24-23(25-13-17-3-2-4-19(11-17)22-26-15-27-28-22)30-9-7-29(8-10-30)14-18-5-6-20-21(12-18)32-16-31-20/h2-6,11-12,15H,7-10,13-14,16H2,1H3,(H,24,25)(H,26,27,28). The summed E-state index contributed by atoms with van der Waals surface area (Å²) < 4.78 is 10.9. The molecule has 0 spiro atoms. The van der Waals surface area contributed by atoms with E-state index in [4.69, 9.17) is 9.47 Å². The highest BCUT2D eigenvalue weighted by Crippen LogP contribution is 2.32. The largest absolute Gasteiger partial charge is 0.454 e. The van der Waals surface area contributed by atoms with Crippen LogP contribution in [0.2, 0.25) is 0 Å². The Morgan fingerprint density at radius 2 is 1.94 bits per heavy atom. The summed E-state index contributed by atoms with van der Waals surface area (Å²) >= 11 is 0. The van der Waals surface area contributed by atoms with Gasteiger partial charge in [0.25, 0.3) is 0 Å². The summed E-state index contributed by atoms with van der Waals surface area (Å²) in [6.07, 6.45) is 1.52. The monoisotopic (exact) mass is 433 g/mol. The Hall–Kier alpha value is -3.59. The molecule has 9 nitrogen and oxygen atoms in total. The van der Waals surface area contributed by atoms with Crippen LogP contribution in [0.25, 0.3) is 11.4 Å². The van der Waals surface area contributed by atoms with Crippen molar-refractivity contribution in [2.75, 3.05) is 40.0 Å². The second-order valence-corrected chi connectivity index (χ2v) is 7.89. The molecule has 0 unspecified atom stereocenters. The molecule has 2 N–H and O–H groups in total. The van der Waals surface area contributed by atoms with Crippen LogP contribution in [0.3, 0.4) is 0 Å². The molecule has 1 aromatic heterocycles. The Labute approximate surface area is 187 Å². The van der Waals surface area contributed by atoms with Crippen molar-refractivity contribution in [2.24, 2.45) is 4.99 Å². The quantitative estimate of drug-likeness (QED) is 0.470. The van der Waals surface area contributed by atoms with Crippen LogP contribution in [0.4, 0.5) is 0 Å². The normalized spacial score (nSPS) is 16.4. The van der Waals surface area contributed by atoms with E-state index in [0.29, 0.717) is 13.3 Å². The molecule has 1 fully saturated rings. The lowest BCUT2D eigenvalue weighted by Gasteiger charge is -2.36. The molecule has 0 amide bonds. The first kappa shape index (κ1) is 20.3. The van der Waals surface area contributed by atoms with Gasteiger partial charge in [0.15, 0.2) is 23.3 Å². The predicted molar refractivity (Wildman–Crippen MR) is 121 cm³/mol. The highest BCUT2D eigenvalue weighted by molar-refractivity contribution is 5.80. The molecule has 32 heavy (non-hydrogen) atoms. The van der Waals surface area contributed by atoms with Crippen molar-refractivity contribution in [1.29, 1.82) is 0 Å². The number of aromatic amines is 1. The van der Waals surface area contributed by atoms with Gasteiger partial charge in [-0.25, -0.2) is 4.98 Å². The number of hydrogen-bond acceptors (Lipinski definition) is 6. The average Bonchev–Trinajstić information content (AvgIpc) is 3.53. The van der Waals surface area contributed by atoms with Crippen LogP contribution in [-0.4, -0.2) is 71.0 Å². The fourth-order valence-corrected chi connectivity index (χ4v) is 4.10. The maximum absolute atomic E-state index is 5.50. The summed E-state index contributed by atoms with van der Waals surface area (Å²) in [5, 5.41) is 10.3. The zero-order valence-electron chi connectivity index (χ0n) is 18.1. The number of aliphatic imine (C=N–C) groups is 1. The van der Waals surface area contributed by atoms with Gasteiger partial charge in [-0.2, -0.15) is 5.10 Å². The van der Waals surface area contributed by atoms with Gasteiger partial charge in [0.2, 0.25) is 6.79 Å². The van der Waals surface area contributed by atoms with E-state index in [9.17, 15) is 0 Å². The van der Waals surface area contributed by atoms with Crippen LogP contribution in [0.1, 0.15) is 11.1 Å². The van der Waals surface area contributed by atoms with Crippen LogP contribution in [0.15, 0.2) is 53.8 Å². The zero-order valence-corrected chi connectivity index (χ0v) is 18.1.